The van der Waals surface area contributed by atoms with Crippen molar-refractivity contribution in [1.29, 1.82) is 0 Å². The number of nitrogens with two attached hydrogens (primary N) is 1. The first-order valence-corrected chi connectivity index (χ1v) is 7.61. The third-order valence-corrected chi connectivity index (χ3v) is 4.59. The quantitative estimate of drug-likeness (QED) is 0.516. The van der Waals surface area contributed by atoms with Crippen molar-refractivity contribution in [2.45, 2.75) is 6.54 Å². The van der Waals surface area contributed by atoms with Gasteiger partial charge in [-0.05, 0) is 35.7 Å². The number of furan rings is 1. The molecule has 0 fully saturated rings. The van der Waals surface area contributed by atoms with Crippen molar-refractivity contribution in [3.05, 3.63) is 51.8 Å². The molecule has 118 valence electrons. The first-order chi connectivity index (χ1) is 10.7. The van der Waals surface area contributed by atoms with Gasteiger partial charge in [-0.25, -0.2) is 0 Å². The molecule has 4 aromatic rings. The Bertz CT molecular complexity index is 1060. The van der Waals surface area contributed by atoms with E-state index in [1.54, 1.807) is 24.3 Å². The van der Waals surface area contributed by atoms with Crippen LogP contribution in [0.2, 0.25) is 0 Å². The van der Waals surface area contributed by atoms with Gasteiger partial charge in [0.05, 0.1) is 12.1 Å². The van der Waals surface area contributed by atoms with E-state index in [-0.39, 0.29) is 30.3 Å². The average molecular weight is 349 g/mol. The molecule has 3 aromatic heterocycles. The molecule has 0 aliphatic carbocycles. The number of hydrogen-bond donors (Lipinski definition) is 3. The summed E-state index contributed by atoms with van der Waals surface area (Å²) < 4.78 is 6.32. The Morgan fingerprint density at radius 2 is 2.04 bits per heavy atom. The molecule has 0 saturated carbocycles. The molecule has 5 nitrogen and oxygen atoms in total. The van der Waals surface area contributed by atoms with E-state index < -0.39 is 0 Å². The molecule has 0 aliphatic heterocycles. The Labute approximate surface area is 140 Å². The number of benzene rings is 1. The fourth-order valence-corrected chi connectivity index (χ4v) is 3.50. The normalized spacial score (nSPS) is 11.0. The molecule has 4 rings (SSSR count). The van der Waals surface area contributed by atoms with E-state index >= 15 is 0 Å². The molecule has 0 saturated heterocycles. The lowest BCUT2D eigenvalue weighted by Crippen LogP contribution is -2.04. The minimum Gasteiger partial charge on any atom is -0.507 e. The standard InChI is InChI=1S/C16H12N2O3S.ClH/c17-7-8-1-4-12(21-8)14-11(19)3-2-10-13(14)9-5-6-22-15(9)16(20)18-10;/h1-6,19H,7,17H2,(H,18,20);1H. The van der Waals surface area contributed by atoms with Gasteiger partial charge in [0.15, 0.2) is 0 Å². The Hall–Kier alpha value is -2.28. The van der Waals surface area contributed by atoms with Crippen LogP contribution in [0, 0.1) is 0 Å². The Balaban J connectivity index is 0.00000156. The maximum atomic E-state index is 12.1. The summed E-state index contributed by atoms with van der Waals surface area (Å²) in [6, 6.07) is 8.69. The van der Waals surface area contributed by atoms with Gasteiger partial charge in [0.2, 0.25) is 0 Å². The van der Waals surface area contributed by atoms with Crippen molar-refractivity contribution in [2.75, 3.05) is 0 Å². The number of aromatic hydroxyl groups is 1. The van der Waals surface area contributed by atoms with Crippen molar-refractivity contribution in [1.82, 2.24) is 4.98 Å². The molecule has 4 N–H and O–H groups in total. The second kappa shape index (κ2) is 5.73. The number of halogens is 1. The van der Waals surface area contributed by atoms with E-state index in [0.29, 0.717) is 27.3 Å². The zero-order chi connectivity index (χ0) is 15.3. The van der Waals surface area contributed by atoms with Gasteiger partial charge in [0, 0.05) is 16.3 Å². The SMILES string of the molecule is Cl.NCc1ccc(-c2c(O)ccc3[nH]c(=O)c4sccc4c23)o1. The number of nitrogens with one attached hydrogen (secondary N) is 1. The molecule has 7 heteroatoms. The lowest BCUT2D eigenvalue weighted by atomic mass is 10.0. The van der Waals surface area contributed by atoms with Gasteiger partial charge in [0.1, 0.15) is 22.0 Å². The summed E-state index contributed by atoms with van der Waals surface area (Å²) in [7, 11) is 0. The van der Waals surface area contributed by atoms with Gasteiger partial charge in [-0.2, -0.15) is 0 Å². The molecule has 1 aromatic carbocycles. The number of aromatic nitrogens is 1. The van der Waals surface area contributed by atoms with Crippen LogP contribution in [0.15, 0.2) is 44.9 Å². The number of phenols is 1. The molecule has 0 unspecified atom stereocenters. The van der Waals surface area contributed by atoms with Crippen LogP contribution in [0.3, 0.4) is 0 Å². The fourth-order valence-electron chi connectivity index (χ4n) is 2.71. The summed E-state index contributed by atoms with van der Waals surface area (Å²) in [6.07, 6.45) is 0. The third kappa shape index (κ3) is 2.31. The van der Waals surface area contributed by atoms with Crippen LogP contribution in [0.1, 0.15) is 5.76 Å². The topological polar surface area (TPSA) is 92.2 Å². The maximum Gasteiger partial charge on any atom is 0.266 e. The number of phenolic OH excluding ortho intramolecular Hbond substituents is 1. The van der Waals surface area contributed by atoms with Gasteiger partial charge < -0.3 is 20.2 Å². The largest absolute Gasteiger partial charge is 0.507 e. The van der Waals surface area contributed by atoms with Crippen LogP contribution >= 0.6 is 23.7 Å². The lowest BCUT2D eigenvalue weighted by molar-refractivity contribution is 0.472. The van der Waals surface area contributed by atoms with Crippen molar-refractivity contribution < 1.29 is 9.52 Å². The van der Waals surface area contributed by atoms with Gasteiger partial charge in [-0.15, -0.1) is 23.7 Å². The van der Waals surface area contributed by atoms with Crippen molar-refractivity contribution in [3.63, 3.8) is 0 Å². The highest BCUT2D eigenvalue weighted by atomic mass is 35.5. The van der Waals surface area contributed by atoms with Crippen LogP contribution in [-0.4, -0.2) is 10.1 Å². The molecule has 0 atom stereocenters. The van der Waals surface area contributed by atoms with Crippen molar-refractivity contribution in [3.8, 4) is 17.1 Å². The highest BCUT2D eigenvalue weighted by Gasteiger charge is 2.17. The summed E-state index contributed by atoms with van der Waals surface area (Å²) in [4.78, 5) is 14.9. The summed E-state index contributed by atoms with van der Waals surface area (Å²) in [5.74, 6) is 1.27. The summed E-state index contributed by atoms with van der Waals surface area (Å²) in [5.41, 5.74) is 6.68. The number of pyridine rings is 1. The van der Waals surface area contributed by atoms with E-state index in [1.165, 1.54) is 11.3 Å². The molecule has 0 spiro atoms. The smallest absolute Gasteiger partial charge is 0.266 e. The number of aromatic amines is 1. The van der Waals surface area contributed by atoms with Crippen LogP contribution < -0.4 is 11.3 Å². The minimum absolute atomic E-state index is 0. The molecular formula is C16H13ClN2O3S. The number of H-pyrrole nitrogens is 1. The van der Waals surface area contributed by atoms with Crippen LogP contribution in [0.4, 0.5) is 0 Å². The highest BCUT2D eigenvalue weighted by molar-refractivity contribution is 7.17. The first kappa shape index (κ1) is 15.6. The van der Waals surface area contributed by atoms with E-state index in [0.717, 1.165) is 10.8 Å². The molecule has 23 heavy (non-hydrogen) atoms. The van der Waals surface area contributed by atoms with Gasteiger partial charge in [0.25, 0.3) is 5.56 Å². The maximum absolute atomic E-state index is 12.1. The van der Waals surface area contributed by atoms with Crippen LogP contribution in [0.5, 0.6) is 5.75 Å². The Kier molecular flexibility index (Phi) is 3.89. The van der Waals surface area contributed by atoms with Gasteiger partial charge >= 0.3 is 0 Å². The molecule has 0 bridgehead atoms. The molecule has 0 amide bonds. The van der Waals surface area contributed by atoms with E-state index in [2.05, 4.69) is 4.98 Å². The summed E-state index contributed by atoms with van der Waals surface area (Å²) >= 11 is 1.37. The average Bonchev–Trinajstić information content (AvgIpc) is 3.16. The van der Waals surface area contributed by atoms with E-state index in [4.69, 9.17) is 10.2 Å². The van der Waals surface area contributed by atoms with Crippen LogP contribution in [0.25, 0.3) is 32.3 Å². The van der Waals surface area contributed by atoms with Crippen molar-refractivity contribution >= 4 is 44.7 Å². The molecule has 0 aliphatic rings. The van der Waals surface area contributed by atoms with Crippen molar-refractivity contribution in [2.24, 2.45) is 5.73 Å². The molecular weight excluding hydrogens is 336 g/mol. The predicted octanol–water partition coefficient (Wildman–Crippen LogP) is 3.59. The second-order valence-corrected chi connectivity index (χ2v) is 5.89. The monoisotopic (exact) mass is 348 g/mol. The van der Waals surface area contributed by atoms with Crippen LogP contribution in [-0.2, 0) is 6.54 Å². The minimum atomic E-state index is -0.128. The third-order valence-electron chi connectivity index (χ3n) is 3.68. The van der Waals surface area contributed by atoms with E-state index in [9.17, 15) is 9.90 Å². The molecule has 0 radical (unpaired) electrons. The highest BCUT2D eigenvalue weighted by Crippen LogP contribution is 2.40. The Morgan fingerprint density at radius 3 is 2.78 bits per heavy atom. The predicted molar refractivity (Wildman–Crippen MR) is 94.5 cm³/mol. The van der Waals surface area contributed by atoms with Gasteiger partial charge in [-0.3, -0.25) is 4.79 Å². The summed E-state index contributed by atoms with van der Waals surface area (Å²) in [5, 5.41) is 13.8. The number of rotatable bonds is 2. The first-order valence-electron chi connectivity index (χ1n) is 6.73. The van der Waals surface area contributed by atoms with Gasteiger partial charge in [-0.1, -0.05) is 0 Å². The zero-order valence-electron chi connectivity index (χ0n) is 11.8. The van der Waals surface area contributed by atoms with E-state index in [1.807, 2.05) is 11.4 Å². The molecule has 3 heterocycles. The lowest BCUT2D eigenvalue weighted by Gasteiger charge is -2.08. The zero-order valence-corrected chi connectivity index (χ0v) is 13.5. The number of fused-ring (bicyclic) bond motifs is 3. The Morgan fingerprint density at radius 1 is 1.22 bits per heavy atom. The number of hydrogen-bond acceptors (Lipinski definition) is 5. The fraction of sp³-hybridized carbons (Fsp3) is 0.0625. The second-order valence-electron chi connectivity index (χ2n) is 4.97. The number of thiophene rings is 1. The summed E-state index contributed by atoms with van der Waals surface area (Å²) in [6.45, 7) is 0.288.